The average molecular weight is 152 g/mol. The van der Waals surface area contributed by atoms with E-state index in [1.165, 1.54) is 0 Å². The van der Waals surface area contributed by atoms with E-state index >= 15 is 0 Å². The van der Waals surface area contributed by atoms with Gasteiger partial charge in [-0.15, -0.1) is 0 Å². The van der Waals surface area contributed by atoms with Crippen LogP contribution in [-0.4, -0.2) is 12.3 Å². The van der Waals surface area contributed by atoms with Crippen LogP contribution in [0.3, 0.4) is 0 Å². The Morgan fingerprint density at radius 2 is 1.20 bits per heavy atom. The summed E-state index contributed by atoms with van der Waals surface area (Å²) in [7, 11) is 0. The zero-order chi connectivity index (χ0) is 7.72. The zero-order valence-electron chi connectivity index (χ0n) is 4.82. The zero-order valence-corrected chi connectivity index (χ0v) is 4.82. The van der Waals surface area contributed by atoms with Gasteiger partial charge in [0, 0.05) is 0 Å². The molecule has 2 unspecified atom stereocenters. The molecule has 0 spiro atoms. The molecule has 10 heavy (non-hydrogen) atoms. The van der Waals surface area contributed by atoms with Gasteiger partial charge in [0.25, 0.3) is 0 Å². The van der Waals surface area contributed by atoms with Crippen LogP contribution in [0.4, 0.5) is 17.6 Å². The Kier molecular flexibility index (Phi) is 1.78. The molecule has 4 heteroatoms. The minimum absolute atomic E-state index is 0.642. The van der Waals surface area contributed by atoms with E-state index < -0.39 is 24.0 Å². The van der Waals surface area contributed by atoms with Crippen molar-refractivity contribution in [3.63, 3.8) is 0 Å². The highest BCUT2D eigenvalue weighted by Crippen LogP contribution is 2.26. The second-order valence-electron chi connectivity index (χ2n) is 1.88. The summed E-state index contributed by atoms with van der Waals surface area (Å²) in [5.74, 6) is -3.31. The Balaban J connectivity index is 2.88. The van der Waals surface area contributed by atoms with Crippen molar-refractivity contribution in [2.45, 2.75) is 12.3 Å². The minimum atomic E-state index is -2.12. The van der Waals surface area contributed by atoms with Crippen LogP contribution >= 0.6 is 0 Å². The van der Waals surface area contributed by atoms with E-state index in [4.69, 9.17) is 0 Å². The Morgan fingerprint density at radius 3 is 1.50 bits per heavy atom. The summed E-state index contributed by atoms with van der Waals surface area (Å²) in [6, 6.07) is 0. The van der Waals surface area contributed by atoms with Gasteiger partial charge >= 0.3 is 0 Å². The predicted octanol–water partition coefficient (Wildman–Crippen LogP) is 2.38. The molecule has 0 N–H and O–H groups in total. The van der Waals surface area contributed by atoms with Gasteiger partial charge in [-0.25, -0.2) is 17.6 Å². The first kappa shape index (κ1) is 7.31. The molecule has 0 amide bonds. The predicted molar refractivity (Wildman–Crippen MR) is 28.2 cm³/mol. The minimum Gasteiger partial charge on any atom is -0.235 e. The van der Waals surface area contributed by atoms with Crippen LogP contribution in [0.5, 0.6) is 0 Å². The summed E-state index contributed by atoms with van der Waals surface area (Å²) in [5.41, 5.74) is 0. The van der Waals surface area contributed by atoms with E-state index in [0.717, 1.165) is 0 Å². The Hall–Kier alpha value is -0.800. The summed E-state index contributed by atoms with van der Waals surface area (Å²) in [5, 5.41) is 0. The normalized spacial score (nSPS) is 33.2. The van der Waals surface area contributed by atoms with E-state index in [2.05, 4.69) is 0 Å². The van der Waals surface area contributed by atoms with Crippen molar-refractivity contribution in [3.05, 3.63) is 23.8 Å². The third kappa shape index (κ3) is 1.05. The summed E-state index contributed by atoms with van der Waals surface area (Å²) >= 11 is 0. The smallest absolute Gasteiger partial charge is 0.173 e. The average Bonchev–Trinajstić information content (AvgIpc) is 1.93. The first-order chi connectivity index (χ1) is 4.63. The molecule has 0 heterocycles. The van der Waals surface area contributed by atoms with Crippen molar-refractivity contribution in [2.75, 3.05) is 0 Å². The molecule has 0 saturated carbocycles. The SMILES string of the molecule is FC1=C(F)C(F)C=CC1F. The van der Waals surface area contributed by atoms with Crippen molar-refractivity contribution >= 4 is 0 Å². The third-order valence-corrected chi connectivity index (χ3v) is 1.16. The summed E-state index contributed by atoms with van der Waals surface area (Å²) in [6.45, 7) is 0. The number of alkyl halides is 2. The van der Waals surface area contributed by atoms with E-state index in [1.807, 2.05) is 0 Å². The molecule has 56 valence electrons. The van der Waals surface area contributed by atoms with Crippen LogP contribution in [0.15, 0.2) is 23.8 Å². The lowest BCUT2D eigenvalue weighted by Crippen LogP contribution is -2.11. The van der Waals surface area contributed by atoms with E-state index in [-0.39, 0.29) is 0 Å². The highest BCUT2D eigenvalue weighted by atomic mass is 19.2. The lowest BCUT2D eigenvalue weighted by molar-refractivity contribution is 0.302. The molecule has 0 nitrogen and oxygen atoms in total. The molecule has 0 fully saturated rings. The van der Waals surface area contributed by atoms with Crippen LogP contribution < -0.4 is 0 Å². The fraction of sp³-hybridized carbons (Fsp3) is 0.333. The highest BCUT2D eigenvalue weighted by molar-refractivity contribution is 5.24. The molecule has 0 aliphatic heterocycles. The van der Waals surface area contributed by atoms with Crippen molar-refractivity contribution < 1.29 is 17.6 Å². The lowest BCUT2D eigenvalue weighted by Gasteiger charge is -2.09. The number of halogens is 4. The van der Waals surface area contributed by atoms with Gasteiger partial charge in [0.15, 0.2) is 24.0 Å². The van der Waals surface area contributed by atoms with E-state index in [9.17, 15) is 17.6 Å². The summed E-state index contributed by atoms with van der Waals surface area (Å²) in [4.78, 5) is 0. The largest absolute Gasteiger partial charge is 0.235 e. The quantitative estimate of drug-likeness (QED) is 0.369. The Morgan fingerprint density at radius 1 is 0.900 bits per heavy atom. The molecule has 0 aromatic heterocycles. The monoisotopic (exact) mass is 152 g/mol. The molecule has 0 saturated heterocycles. The van der Waals surface area contributed by atoms with Crippen LogP contribution in [0.2, 0.25) is 0 Å². The molecule has 0 aromatic carbocycles. The number of hydrogen-bond donors (Lipinski definition) is 0. The van der Waals surface area contributed by atoms with E-state index in [0.29, 0.717) is 12.2 Å². The van der Waals surface area contributed by atoms with Gasteiger partial charge in [0.05, 0.1) is 0 Å². The number of hydrogen-bond acceptors (Lipinski definition) is 0. The topological polar surface area (TPSA) is 0 Å². The van der Waals surface area contributed by atoms with Crippen molar-refractivity contribution in [1.29, 1.82) is 0 Å². The van der Waals surface area contributed by atoms with Gasteiger partial charge in [-0.05, 0) is 12.2 Å². The van der Waals surface area contributed by atoms with Gasteiger partial charge in [0.1, 0.15) is 0 Å². The van der Waals surface area contributed by atoms with Crippen molar-refractivity contribution in [3.8, 4) is 0 Å². The standard InChI is InChI=1S/C6H4F4/c7-3-1-2-4(8)6(10)5(3)9/h1-4H. The van der Waals surface area contributed by atoms with Gasteiger partial charge < -0.3 is 0 Å². The lowest BCUT2D eigenvalue weighted by atomic mass is 10.1. The third-order valence-electron chi connectivity index (χ3n) is 1.16. The van der Waals surface area contributed by atoms with Gasteiger partial charge in [-0.2, -0.15) is 0 Å². The molecular formula is C6H4F4. The maximum Gasteiger partial charge on any atom is 0.173 e. The second-order valence-corrected chi connectivity index (χ2v) is 1.88. The van der Waals surface area contributed by atoms with Crippen LogP contribution in [0.25, 0.3) is 0 Å². The molecule has 2 atom stereocenters. The molecule has 0 aromatic rings. The van der Waals surface area contributed by atoms with Gasteiger partial charge in [-0.1, -0.05) is 0 Å². The summed E-state index contributed by atoms with van der Waals surface area (Å²) in [6.07, 6.45) is -2.95. The Bertz CT molecular complexity index is 174. The molecule has 1 aliphatic rings. The fourth-order valence-electron chi connectivity index (χ4n) is 0.628. The maximum absolute atomic E-state index is 12.1. The van der Waals surface area contributed by atoms with Crippen molar-refractivity contribution in [1.82, 2.24) is 0 Å². The summed E-state index contributed by atoms with van der Waals surface area (Å²) < 4.78 is 48.3. The van der Waals surface area contributed by atoms with Crippen LogP contribution in [-0.2, 0) is 0 Å². The highest BCUT2D eigenvalue weighted by Gasteiger charge is 2.25. The second kappa shape index (κ2) is 2.44. The molecule has 1 rings (SSSR count). The first-order valence-electron chi connectivity index (χ1n) is 2.64. The molecular weight excluding hydrogens is 148 g/mol. The number of allylic oxidation sites excluding steroid dienone is 4. The Labute approximate surface area is 54.8 Å². The molecule has 0 radical (unpaired) electrons. The van der Waals surface area contributed by atoms with Gasteiger partial charge in [-0.3, -0.25) is 0 Å². The number of rotatable bonds is 0. The molecule has 1 aliphatic carbocycles. The van der Waals surface area contributed by atoms with Crippen molar-refractivity contribution in [2.24, 2.45) is 0 Å². The molecule has 0 bridgehead atoms. The fourth-order valence-corrected chi connectivity index (χ4v) is 0.628. The van der Waals surface area contributed by atoms with Crippen LogP contribution in [0, 0.1) is 0 Å². The van der Waals surface area contributed by atoms with Crippen LogP contribution in [0.1, 0.15) is 0 Å². The maximum atomic E-state index is 12.1. The first-order valence-corrected chi connectivity index (χ1v) is 2.64. The van der Waals surface area contributed by atoms with Gasteiger partial charge in [0.2, 0.25) is 0 Å². The van der Waals surface area contributed by atoms with E-state index in [1.54, 1.807) is 0 Å².